The van der Waals surface area contributed by atoms with Gasteiger partial charge in [-0.3, -0.25) is 0 Å². The van der Waals surface area contributed by atoms with Gasteiger partial charge < -0.3 is 5.73 Å². The van der Waals surface area contributed by atoms with Crippen LogP contribution in [-0.2, 0) is 0 Å². The second kappa shape index (κ2) is 3.74. The summed E-state index contributed by atoms with van der Waals surface area (Å²) in [5.74, 6) is 1.04. The lowest BCUT2D eigenvalue weighted by Crippen LogP contribution is -2.12. The van der Waals surface area contributed by atoms with E-state index in [4.69, 9.17) is 18.0 Å². The summed E-state index contributed by atoms with van der Waals surface area (Å²) < 4.78 is 1.54. The van der Waals surface area contributed by atoms with Crippen molar-refractivity contribution in [2.24, 2.45) is 5.73 Å². The molecule has 2 N–H and O–H groups in total. The Hall–Kier alpha value is -1.82. The minimum atomic E-state index is 0.181. The summed E-state index contributed by atoms with van der Waals surface area (Å²) in [6, 6.07) is 3.80. The number of hydrogen-bond donors (Lipinski definition) is 1. The fraction of sp³-hybridized carbons (Fsp3) is 0.111. The number of aromatic nitrogens is 4. The summed E-state index contributed by atoms with van der Waals surface area (Å²) in [5.41, 5.74) is 6.49. The first-order valence-electron chi connectivity index (χ1n) is 4.31. The van der Waals surface area contributed by atoms with E-state index < -0.39 is 0 Å². The largest absolute Gasteiger partial charge is 0.387 e. The average molecular weight is 219 g/mol. The Bertz CT molecular complexity index is 487. The molecule has 15 heavy (non-hydrogen) atoms. The topological polar surface area (TPSA) is 69.6 Å². The maximum absolute atomic E-state index is 5.40. The van der Waals surface area contributed by atoms with Gasteiger partial charge in [0.15, 0.2) is 5.82 Å². The number of thiocarbonyl (C=S) groups is 1. The van der Waals surface area contributed by atoms with Gasteiger partial charge in [0.25, 0.3) is 0 Å². The minimum Gasteiger partial charge on any atom is -0.387 e. The molecule has 0 atom stereocenters. The third-order valence-electron chi connectivity index (χ3n) is 1.84. The van der Waals surface area contributed by atoms with Crippen molar-refractivity contribution in [1.82, 2.24) is 19.7 Å². The summed E-state index contributed by atoms with van der Waals surface area (Å²) in [6.07, 6.45) is 3.30. The molecular weight excluding hydrogens is 210 g/mol. The van der Waals surface area contributed by atoms with Crippen LogP contribution in [0.25, 0.3) is 5.82 Å². The lowest BCUT2D eigenvalue weighted by Gasteiger charge is -1.98. The van der Waals surface area contributed by atoms with Crippen LogP contribution < -0.4 is 5.73 Å². The van der Waals surface area contributed by atoms with Crippen LogP contribution in [0.3, 0.4) is 0 Å². The maximum atomic E-state index is 5.40. The molecule has 0 saturated carbocycles. The van der Waals surface area contributed by atoms with Crippen LogP contribution in [-0.4, -0.2) is 24.7 Å². The average Bonchev–Trinajstić information content (AvgIpc) is 2.68. The Kier molecular flexibility index (Phi) is 2.42. The molecule has 0 unspecified atom stereocenters. The van der Waals surface area contributed by atoms with Crippen LogP contribution in [0.1, 0.15) is 11.4 Å². The number of pyridine rings is 1. The van der Waals surface area contributed by atoms with E-state index in [1.54, 1.807) is 6.20 Å². The molecule has 0 radical (unpaired) electrons. The van der Waals surface area contributed by atoms with Crippen molar-refractivity contribution in [2.75, 3.05) is 0 Å². The van der Waals surface area contributed by atoms with Crippen LogP contribution in [0.2, 0.25) is 0 Å². The summed E-state index contributed by atoms with van der Waals surface area (Å²) in [7, 11) is 0. The van der Waals surface area contributed by atoms with Gasteiger partial charge in [0.1, 0.15) is 11.3 Å². The Morgan fingerprint density at radius 3 is 2.73 bits per heavy atom. The zero-order valence-corrected chi connectivity index (χ0v) is 8.90. The number of hydrogen-bond acceptors (Lipinski definition) is 4. The van der Waals surface area contributed by atoms with E-state index in [2.05, 4.69) is 15.1 Å². The molecule has 2 heterocycles. The molecule has 0 aliphatic carbocycles. The van der Waals surface area contributed by atoms with Crippen molar-refractivity contribution in [1.29, 1.82) is 0 Å². The molecule has 2 rings (SSSR count). The summed E-state index contributed by atoms with van der Waals surface area (Å²) in [6.45, 7) is 1.97. The van der Waals surface area contributed by atoms with E-state index in [-0.39, 0.29) is 4.99 Å². The number of aryl methyl sites for hydroxylation is 1. The first-order chi connectivity index (χ1) is 7.16. The number of nitrogens with two attached hydrogens (primary N) is 1. The van der Waals surface area contributed by atoms with Gasteiger partial charge >= 0.3 is 0 Å². The molecule has 0 aliphatic heterocycles. The Morgan fingerprint density at radius 2 is 2.20 bits per heavy atom. The molecule has 0 bridgehead atoms. The van der Waals surface area contributed by atoms with Crippen LogP contribution in [0.4, 0.5) is 0 Å². The van der Waals surface area contributed by atoms with Crippen LogP contribution in [0.15, 0.2) is 24.7 Å². The molecule has 0 aromatic carbocycles. The highest BCUT2D eigenvalue weighted by atomic mass is 32.1. The minimum absolute atomic E-state index is 0.181. The zero-order chi connectivity index (χ0) is 10.8. The first kappa shape index (κ1) is 9.72. The van der Waals surface area contributed by atoms with Crippen molar-refractivity contribution in [3.63, 3.8) is 0 Å². The predicted octanol–water partition coefficient (Wildman–Crippen LogP) is 0.605. The van der Waals surface area contributed by atoms with Gasteiger partial charge in [-0.2, -0.15) is 0 Å². The molecule has 76 valence electrons. The molecule has 2 aromatic heterocycles. The van der Waals surface area contributed by atoms with E-state index in [1.807, 2.05) is 19.1 Å². The van der Waals surface area contributed by atoms with Gasteiger partial charge in [-0.1, -0.05) is 18.3 Å². The predicted molar refractivity (Wildman–Crippen MR) is 59.8 cm³/mol. The Labute approximate surface area is 92.0 Å². The van der Waals surface area contributed by atoms with E-state index in [1.165, 1.54) is 11.0 Å². The molecule has 2 aromatic rings. The quantitative estimate of drug-likeness (QED) is 0.749. The van der Waals surface area contributed by atoms with Crippen LogP contribution in [0.5, 0.6) is 0 Å². The zero-order valence-electron chi connectivity index (χ0n) is 8.08. The van der Waals surface area contributed by atoms with Gasteiger partial charge in [-0.15, -0.1) is 5.10 Å². The van der Waals surface area contributed by atoms with E-state index in [0.29, 0.717) is 11.6 Å². The smallest absolute Gasteiger partial charge is 0.208 e. The maximum Gasteiger partial charge on any atom is 0.208 e. The molecule has 5 nitrogen and oxygen atoms in total. The second-order valence-corrected chi connectivity index (χ2v) is 3.51. The number of nitrogens with zero attached hydrogens (tertiary/aromatic N) is 4. The Balaban J connectivity index is 2.37. The fourth-order valence-corrected chi connectivity index (χ4v) is 1.18. The molecule has 0 fully saturated rings. The first-order valence-corrected chi connectivity index (χ1v) is 4.72. The summed E-state index contributed by atoms with van der Waals surface area (Å²) in [4.78, 5) is 8.34. The number of rotatable bonds is 2. The highest BCUT2D eigenvalue weighted by Crippen LogP contribution is 2.03. The Morgan fingerprint density at radius 1 is 1.40 bits per heavy atom. The van der Waals surface area contributed by atoms with Gasteiger partial charge in [0.2, 0.25) is 5.82 Å². The normalized spacial score (nSPS) is 10.2. The highest BCUT2D eigenvalue weighted by Gasteiger charge is 2.04. The van der Waals surface area contributed by atoms with Crippen molar-refractivity contribution in [3.05, 3.63) is 36.0 Å². The SMILES string of the molecule is Cc1ccc(-n2cnc(C(N)=S)n2)nc1. The van der Waals surface area contributed by atoms with E-state index in [0.717, 1.165) is 5.56 Å². The monoisotopic (exact) mass is 219 g/mol. The molecule has 0 amide bonds. The van der Waals surface area contributed by atoms with Crippen molar-refractivity contribution in [2.45, 2.75) is 6.92 Å². The van der Waals surface area contributed by atoms with Gasteiger partial charge in [-0.25, -0.2) is 14.6 Å². The third-order valence-corrected chi connectivity index (χ3v) is 2.03. The van der Waals surface area contributed by atoms with Crippen LogP contribution in [0, 0.1) is 6.92 Å². The fourth-order valence-electron chi connectivity index (χ4n) is 1.08. The van der Waals surface area contributed by atoms with Crippen molar-refractivity contribution >= 4 is 17.2 Å². The van der Waals surface area contributed by atoms with Gasteiger partial charge in [0, 0.05) is 6.20 Å². The van der Waals surface area contributed by atoms with E-state index >= 15 is 0 Å². The van der Waals surface area contributed by atoms with Crippen molar-refractivity contribution in [3.8, 4) is 5.82 Å². The molecule has 0 spiro atoms. The van der Waals surface area contributed by atoms with Gasteiger partial charge in [0.05, 0.1) is 0 Å². The molecule has 0 saturated heterocycles. The highest BCUT2D eigenvalue weighted by molar-refractivity contribution is 7.80. The van der Waals surface area contributed by atoms with Crippen molar-refractivity contribution < 1.29 is 0 Å². The summed E-state index contributed by atoms with van der Waals surface area (Å²) >= 11 is 4.77. The summed E-state index contributed by atoms with van der Waals surface area (Å²) in [5, 5.41) is 4.09. The molecule has 6 heteroatoms. The standard InChI is InChI=1S/C9H9N5S/c1-6-2-3-7(11-4-6)14-5-12-9(13-14)8(10)15/h2-5H,1H3,(H2,10,15). The van der Waals surface area contributed by atoms with Gasteiger partial charge in [-0.05, 0) is 18.6 Å². The molecular formula is C9H9N5S. The van der Waals surface area contributed by atoms with Crippen LogP contribution >= 0.6 is 12.2 Å². The third kappa shape index (κ3) is 1.99. The molecule has 0 aliphatic rings. The lowest BCUT2D eigenvalue weighted by atomic mass is 10.3. The van der Waals surface area contributed by atoms with E-state index in [9.17, 15) is 0 Å². The second-order valence-electron chi connectivity index (χ2n) is 3.07. The lowest BCUT2D eigenvalue weighted by molar-refractivity contribution is 0.841.